The Morgan fingerprint density at radius 3 is 2.60 bits per heavy atom. The Morgan fingerprint density at radius 1 is 1.40 bits per heavy atom. The second-order valence-corrected chi connectivity index (χ2v) is 3.76. The molecule has 0 fully saturated rings. The first-order chi connectivity index (χ1) is 7.06. The predicted octanol–water partition coefficient (Wildman–Crippen LogP) is 1.92. The van der Waals surface area contributed by atoms with E-state index in [0.717, 1.165) is 11.3 Å². The Balaban J connectivity index is 2.90. The number of nitrogens with two attached hydrogens (primary N) is 1. The maximum Gasteiger partial charge on any atom is 0.220 e. The van der Waals surface area contributed by atoms with Crippen LogP contribution in [0.15, 0.2) is 24.3 Å². The minimum atomic E-state index is -0.273. The summed E-state index contributed by atoms with van der Waals surface area (Å²) in [5.74, 6) is 0.469. The number of benzene rings is 1. The molecule has 0 saturated heterocycles. The number of methoxy groups -OCH3 is 1. The standard InChI is InChI=1S/C12H17NO2/c1-8(9(2)12(13)14)10-5-4-6-11(7-10)15-3/h4-9H,1-3H3,(H2,13,14)/t8-,9?/m0/s1. The fraction of sp³-hybridized carbons (Fsp3) is 0.417. The van der Waals surface area contributed by atoms with Crippen LogP contribution in [0.4, 0.5) is 0 Å². The first kappa shape index (κ1) is 11.6. The van der Waals surface area contributed by atoms with Crippen LogP contribution in [-0.4, -0.2) is 13.0 Å². The van der Waals surface area contributed by atoms with Gasteiger partial charge in [0.05, 0.1) is 7.11 Å². The van der Waals surface area contributed by atoms with Gasteiger partial charge in [-0.1, -0.05) is 26.0 Å². The molecule has 0 bridgehead atoms. The van der Waals surface area contributed by atoms with Gasteiger partial charge in [-0.3, -0.25) is 4.79 Å². The highest BCUT2D eigenvalue weighted by atomic mass is 16.5. The van der Waals surface area contributed by atoms with Crippen LogP contribution in [0.1, 0.15) is 25.3 Å². The summed E-state index contributed by atoms with van der Waals surface area (Å²) < 4.78 is 5.13. The zero-order chi connectivity index (χ0) is 11.4. The van der Waals surface area contributed by atoms with Crippen molar-refractivity contribution in [3.8, 4) is 5.75 Å². The topological polar surface area (TPSA) is 52.3 Å². The molecule has 1 aromatic carbocycles. The highest BCUT2D eigenvalue weighted by Gasteiger charge is 2.19. The number of ether oxygens (including phenoxy) is 1. The SMILES string of the molecule is COc1cccc([C@@H](C)C(C)C(N)=O)c1. The summed E-state index contributed by atoms with van der Waals surface area (Å²) in [6.07, 6.45) is 0. The van der Waals surface area contributed by atoms with Gasteiger partial charge in [0.15, 0.2) is 0 Å². The van der Waals surface area contributed by atoms with Gasteiger partial charge < -0.3 is 10.5 Å². The summed E-state index contributed by atoms with van der Waals surface area (Å²) >= 11 is 0. The van der Waals surface area contributed by atoms with E-state index in [9.17, 15) is 4.79 Å². The molecule has 0 heterocycles. The summed E-state index contributed by atoms with van der Waals surface area (Å²) in [5, 5.41) is 0. The maximum absolute atomic E-state index is 11.1. The van der Waals surface area contributed by atoms with Crippen molar-refractivity contribution in [2.45, 2.75) is 19.8 Å². The molecule has 1 aromatic rings. The van der Waals surface area contributed by atoms with Crippen LogP contribution in [0.25, 0.3) is 0 Å². The Labute approximate surface area is 90.2 Å². The molecule has 1 unspecified atom stereocenters. The van der Waals surface area contributed by atoms with Gasteiger partial charge in [0.2, 0.25) is 5.91 Å². The second kappa shape index (κ2) is 4.82. The van der Waals surface area contributed by atoms with Gasteiger partial charge in [-0.2, -0.15) is 0 Å². The van der Waals surface area contributed by atoms with Gasteiger partial charge >= 0.3 is 0 Å². The number of hydrogen-bond acceptors (Lipinski definition) is 2. The molecule has 0 aliphatic carbocycles. The molecule has 15 heavy (non-hydrogen) atoms. The number of amides is 1. The third-order valence-corrected chi connectivity index (χ3v) is 2.82. The quantitative estimate of drug-likeness (QED) is 0.820. The molecule has 0 aliphatic rings. The van der Waals surface area contributed by atoms with Gasteiger partial charge in [-0.05, 0) is 23.6 Å². The Morgan fingerprint density at radius 2 is 2.07 bits per heavy atom. The van der Waals surface area contributed by atoms with Crippen LogP contribution in [-0.2, 0) is 4.79 Å². The maximum atomic E-state index is 11.1. The minimum absolute atomic E-state index is 0.109. The fourth-order valence-corrected chi connectivity index (χ4v) is 1.46. The van der Waals surface area contributed by atoms with Crippen LogP contribution in [0.5, 0.6) is 5.75 Å². The second-order valence-electron chi connectivity index (χ2n) is 3.76. The number of hydrogen-bond donors (Lipinski definition) is 1. The number of carbonyl (C=O) groups excluding carboxylic acids is 1. The van der Waals surface area contributed by atoms with E-state index in [1.807, 2.05) is 38.1 Å². The highest BCUT2D eigenvalue weighted by molar-refractivity contribution is 5.77. The lowest BCUT2D eigenvalue weighted by molar-refractivity contribution is -0.121. The lowest BCUT2D eigenvalue weighted by Gasteiger charge is -2.17. The van der Waals surface area contributed by atoms with Crippen molar-refractivity contribution in [2.75, 3.05) is 7.11 Å². The Kier molecular flexibility index (Phi) is 3.72. The number of primary amides is 1. The molecule has 0 aromatic heterocycles. The van der Waals surface area contributed by atoms with Crippen LogP contribution in [0, 0.1) is 5.92 Å². The number of carbonyl (C=O) groups is 1. The Hall–Kier alpha value is -1.51. The van der Waals surface area contributed by atoms with E-state index in [-0.39, 0.29) is 17.7 Å². The van der Waals surface area contributed by atoms with E-state index in [2.05, 4.69) is 0 Å². The molecule has 3 nitrogen and oxygen atoms in total. The molecule has 3 heteroatoms. The molecule has 0 radical (unpaired) electrons. The fourth-order valence-electron chi connectivity index (χ4n) is 1.46. The van der Waals surface area contributed by atoms with Crippen molar-refractivity contribution < 1.29 is 9.53 Å². The molecule has 2 atom stereocenters. The Bertz CT molecular complexity index is 349. The van der Waals surface area contributed by atoms with E-state index >= 15 is 0 Å². The van der Waals surface area contributed by atoms with Crippen molar-refractivity contribution >= 4 is 5.91 Å². The van der Waals surface area contributed by atoms with Gasteiger partial charge in [0.25, 0.3) is 0 Å². The first-order valence-electron chi connectivity index (χ1n) is 4.99. The molecule has 0 saturated carbocycles. The first-order valence-corrected chi connectivity index (χ1v) is 4.99. The molecular weight excluding hydrogens is 190 g/mol. The smallest absolute Gasteiger partial charge is 0.220 e. The number of rotatable bonds is 4. The minimum Gasteiger partial charge on any atom is -0.497 e. The van der Waals surface area contributed by atoms with Crippen LogP contribution in [0.3, 0.4) is 0 Å². The molecule has 2 N–H and O–H groups in total. The summed E-state index contributed by atoms with van der Waals surface area (Å²) in [6, 6.07) is 7.71. The van der Waals surface area contributed by atoms with Crippen molar-refractivity contribution in [2.24, 2.45) is 11.7 Å². The van der Waals surface area contributed by atoms with Crippen molar-refractivity contribution in [1.29, 1.82) is 0 Å². The third kappa shape index (κ3) is 2.72. The van der Waals surface area contributed by atoms with Crippen LogP contribution in [0.2, 0.25) is 0 Å². The van der Waals surface area contributed by atoms with E-state index in [4.69, 9.17) is 10.5 Å². The van der Waals surface area contributed by atoms with Gasteiger partial charge in [0.1, 0.15) is 5.75 Å². The third-order valence-electron chi connectivity index (χ3n) is 2.82. The summed E-state index contributed by atoms with van der Waals surface area (Å²) in [5.41, 5.74) is 6.34. The normalized spacial score (nSPS) is 14.3. The monoisotopic (exact) mass is 207 g/mol. The van der Waals surface area contributed by atoms with Crippen molar-refractivity contribution in [3.05, 3.63) is 29.8 Å². The summed E-state index contributed by atoms with van der Waals surface area (Å²) in [7, 11) is 1.63. The highest BCUT2D eigenvalue weighted by Crippen LogP contribution is 2.26. The molecule has 0 aliphatic heterocycles. The lowest BCUT2D eigenvalue weighted by Crippen LogP contribution is -2.24. The van der Waals surface area contributed by atoms with E-state index < -0.39 is 0 Å². The van der Waals surface area contributed by atoms with Gasteiger partial charge in [0, 0.05) is 5.92 Å². The van der Waals surface area contributed by atoms with E-state index in [1.54, 1.807) is 7.11 Å². The molecule has 1 amide bonds. The van der Waals surface area contributed by atoms with E-state index in [1.165, 1.54) is 0 Å². The van der Waals surface area contributed by atoms with Crippen molar-refractivity contribution in [1.82, 2.24) is 0 Å². The van der Waals surface area contributed by atoms with Crippen molar-refractivity contribution in [3.63, 3.8) is 0 Å². The van der Waals surface area contributed by atoms with Gasteiger partial charge in [-0.15, -0.1) is 0 Å². The molecular formula is C12H17NO2. The zero-order valence-electron chi connectivity index (χ0n) is 9.36. The van der Waals surface area contributed by atoms with Crippen LogP contribution >= 0.6 is 0 Å². The largest absolute Gasteiger partial charge is 0.497 e. The average Bonchev–Trinajstić information content (AvgIpc) is 2.27. The van der Waals surface area contributed by atoms with E-state index in [0.29, 0.717) is 0 Å². The summed E-state index contributed by atoms with van der Waals surface area (Å²) in [4.78, 5) is 11.1. The lowest BCUT2D eigenvalue weighted by atomic mass is 9.88. The summed E-state index contributed by atoms with van der Waals surface area (Å²) in [6.45, 7) is 3.83. The molecule has 0 spiro atoms. The average molecular weight is 207 g/mol. The van der Waals surface area contributed by atoms with Crippen LogP contribution < -0.4 is 10.5 Å². The zero-order valence-corrected chi connectivity index (χ0v) is 9.36. The molecule has 82 valence electrons. The van der Waals surface area contributed by atoms with Gasteiger partial charge in [-0.25, -0.2) is 0 Å². The molecule has 1 rings (SSSR count). The predicted molar refractivity (Wildman–Crippen MR) is 59.8 cm³/mol.